The summed E-state index contributed by atoms with van der Waals surface area (Å²) in [5.74, 6) is 0. The second-order valence-electron chi connectivity index (χ2n) is 4.93. The van der Waals surface area contributed by atoms with Crippen molar-refractivity contribution in [1.82, 2.24) is 0 Å². The Hall–Kier alpha value is -1.02. The van der Waals surface area contributed by atoms with Gasteiger partial charge in [-0.25, -0.2) is 0 Å². The zero-order valence-electron chi connectivity index (χ0n) is 10.4. The Kier molecular flexibility index (Phi) is 3.53. The number of fused-ring (bicyclic) bond motifs is 1. The molecule has 0 saturated carbocycles. The minimum Gasteiger partial charge on any atom is -0.384 e. The van der Waals surface area contributed by atoms with Gasteiger partial charge in [-0.1, -0.05) is 53.5 Å². The highest BCUT2D eigenvalue weighted by molar-refractivity contribution is 6.42. The van der Waals surface area contributed by atoms with Gasteiger partial charge in [-0.15, -0.1) is 0 Å². The number of halogens is 2. The first kappa shape index (κ1) is 13.0. The summed E-state index contributed by atoms with van der Waals surface area (Å²) in [7, 11) is 0. The number of aliphatic hydroxyl groups is 1. The van der Waals surface area contributed by atoms with Crippen molar-refractivity contribution in [1.29, 1.82) is 0 Å². The Labute approximate surface area is 122 Å². The van der Waals surface area contributed by atoms with E-state index in [9.17, 15) is 5.11 Å². The quantitative estimate of drug-likeness (QED) is 0.860. The van der Waals surface area contributed by atoms with Gasteiger partial charge in [-0.05, 0) is 42.0 Å². The molecule has 3 rings (SSSR count). The number of aliphatic hydroxyl groups excluding tert-OH is 1. The Bertz CT molecular complexity index is 622. The van der Waals surface area contributed by atoms with Crippen molar-refractivity contribution < 1.29 is 5.11 Å². The lowest BCUT2D eigenvalue weighted by molar-refractivity contribution is 0.220. The minimum absolute atomic E-state index is 0.428. The Balaban J connectivity index is 2.00. The van der Waals surface area contributed by atoms with E-state index in [1.807, 2.05) is 12.1 Å². The SMILES string of the molecule is OC(c1ccc2c(c1)CCC2)c1cccc(Cl)c1Cl. The summed E-state index contributed by atoms with van der Waals surface area (Å²) in [4.78, 5) is 0. The van der Waals surface area contributed by atoms with Crippen LogP contribution in [0.15, 0.2) is 36.4 Å². The van der Waals surface area contributed by atoms with Crippen LogP contribution >= 0.6 is 23.2 Å². The topological polar surface area (TPSA) is 20.2 Å². The van der Waals surface area contributed by atoms with E-state index in [2.05, 4.69) is 12.1 Å². The molecule has 0 aromatic heterocycles. The zero-order chi connectivity index (χ0) is 13.4. The van der Waals surface area contributed by atoms with Gasteiger partial charge in [0.25, 0.3) is 0 Å². The molecule has 19 heavy (non-hydrogen) atoms. The Morgan fingerprint density at radius 3 is 2.63 bits per heavy atom. The van der Waals surface area contributed by atoms with Crippen molar-refractivity contribution in [3.63, 3.8) is 0 Å². The lowest BCUT2D eigenvalue weighted by Crippen LogP contribution is -2.01. The lowest BCUT2D eigenvalue weighted by Gasteiger charge is -2.15. The van der Waals surface area contributed by atoms with E-state index in [-0.39, 0.29) is 0 Å². The normalized spacial score (nSPS) is 15.3. The summed E-state index contributed by atoms with van der Waals surface area (Å²) in [5.41, 5.74) is 4.28. The van der Waals surface area contributed by atoms with Crippen LogP contribution in [0, 0.1) is 0 Å². The molecule has 0 aliphatic heterocycles. The number of aryl methyl sites for hydroxylation is 2. The summed E-state index contributed by atoms with van der Waals surface area (Å²) in [6, 6.07) is 11.5. The highest BCUT2D eigenvalue weighted by atomic mass is 35.5. The van der Waals surface area contributed by atoms with E-state index in [0.717, 1.165) is 18.4 Å². The number of hydrogen-bond donors (Lipinski definition) is 1. The third-order valence-electron chi connectivity index (χ3n) is 3.71. The molecule has 0 saturated heterocycles. The van der Waals surface area contributed by atoms with E-state index in [1.54, 1.807) is 12.1 Å². The molecule has 1 nitrogen and oxygen atoms in total. The molecular weight excluding hydrogens is 279 g/mol. The molecule has 1 N–H and O–H groups in total. The van der Waals surface area contributed by atoms with Crippen LogP contribution in [0.25, 0.3) is 0 Å². The zero-order valence-corrected chi connectivity index (χ0v) is 11.9. The first-order chi connectivity index (χ1) is 9.16. The predicted octanol–water partition coefficient (Wildman–Crippen LogP) is 4.56. The standard InChI is InChI=1S/C16H14Cl2O/c17-14-6-2-5-13(15(14)18)16(19)12-8-7-10-3-1-4-11(10)9-12/h2,5-9,16,19H,1,3-4H2. The van der Waals surface area contributed by atoms with Crippen LogP contribution in [0.4, 0.5) is 0 Å². The van der Waals surface area contributed by atoms with Crippen LogP contribution < -0.4 is 0 Å². The fourth-order valence-corrected chi connectivity index (χ4v) is 3.08. The second-order valence-corrected chi connectivity index (χ2v) is 5.71. The van der Waals surface area contributed by atoms with Crippen molar-refractivity contribution in [2.75, 3.05) is 0 Å². The van der Waals surface area contributed by atoms with Gasteiger partial charge in [0.1, 0.15) is 6.10 Å². The maximum atomic E-state index is 10.5. The van der Waals surface area contributed by atoms with Gasteiger partial charge >= 0.3 is 0 Å². The van der Waals surface area contributed by atoms with Crippen molar-refractivity contribution in [3.05, 3.63) is 68.7 Å². The van der Waals surface area contributed by atoms with Crippen molar-refractivity contribution >= 4 is 23.2 Å². The van der Waals surface area contributed by atoms with Gasteiger partial charge in [0.05, 0.1) is 10.0 Å². The monoisotopic (exact) mass is 292 g/mol. The van der Waals surface area contributed by atoms with Crippen molar-refractivity contribution in [3.8, 4) is 0 Å². The predicted molar refractivity (Wildman–Crippen MR) is 79.0 cm³/mol. The molecule has 0 bridgehead atoms. The average molecular weight is 293 g/mol. The van der Waals surface area contributed by atoms with E-state index in [0.29, 0.717) is 15.6 Å². The van der Waals surface area contributed by atoms with Crippen LogP contribution in [-0.2, 0) is 12.8 Å². The highest BCUT2D eigenvalue weighted by Gasteiger charge is 2.18. The first-order valence-corrected chi connectivity index (χ1v) is 7.16. The molecular formula is C16H14Cl2O. The highest BCUT2D eigenvalue weighted by Crippen LogP contribution is 2.34. The lowest BCUT2D eigenvalue weighted by atomic mass is 9.98. The van der Waals surface area contributed by atoms with Gasteiger partial charge in [-0.3, -0.25) is 0 Å². The molecule has 3 heteroatoms. The third kappa shape index (κ3) is 2.38. The van der Waals surface area contributed by atoms with Crippen LogP contribution in [0.5, 0.6) is 0 Å². The van der Waals surface area contributed by atoms with Crippen LogP contribution in [-0.4, -0.2) is 5.11 Å². The summed E-state index contributed by atoms with van der Waals surface area (Å²) in [6.07, 6.45) is 2.72. The van der Waals surface area contributed by atoms with Crippen LogP contribution in [0.3, 0.4) is 0 Å². The third-order valence-corrected chi connectivity index (χ3v) is 4.55. The molecule has 0 spiro atoms. The molecule has 1 atom stereocenters. The number of hydrogen-bond acceptors (Lipinski definition) is 1. The van der Waals surface area contributed by atoms with E-state index in [1.165, 1.54) is 17.5 Å². The van der Waals surface area contributed by atoms with Gasteiger partial charge in [0.2, 0.25) is 0 Å². The molecule has 0 fully saturated rings. The molecule has 0 amide bonds. The van der Waals surface area contributed by atoms with Crippen LogP contribution in [0.1, 0.15) is 34.8 Å². The molecule has 98 valence electrons. The van der Waals surface area contributed by atoms with Gasteiger partial charge < -0.3 is 5.11 Å². The van der Waals surface area contributed by atoms with E-state index < -0.39 is 6.10 Å². The smallest absolute Gasteiger partial charge is 0.106 e. The van der Waals surface area contributed by atoms with Crippen molar-refractivity contribution in [2.45, 2.75) is 25.4 Å². The summed E-state index contributed by atoms with van der Waals surface area (Å²) >= 11 is 12.2. The number of benzene rings is 2. The summed E-state index contributed by atoms with van der Waals surface area (Å²) in [5, 5.41) is 11.4. The van der Waals surface area contributed by atoms with Gasteiger partial charge in [-0.2, -0.15) is 0 Å². The molecule has 0 radical (unpaired) electrons. The molecule has 2 aromatic carbocycles. The van der Waals surface area contributed by atoms with Gasteiger partial charge in [0.15, 0.2) is 0 Å². The molecule has 1 unspecified atom stereocenters. The van der Waals surface area contributed by atoms with E-state index >= 15 is 0 Å². The van der Waals surface area contributed by atoms with E-state index in [4.69, 9.17) is 23.2 Å². The Morgan fingerprint density at radius 1 is 1.00 bits per heavy atom. The summed E-state index contributed by atoms with van der Waals surface area (Å²) in [6.45, 7) is 0. The maximum Gasteiger partial charge on any atom is 0.106 e. The minimum atomic E-state index is -0.725. The molecule has 1 aliphatic carbocycles. The van der Waals surface area contributed by atoms with Crippen molar-refractivity contribution in [2.24, 2.45) is 0 Å². The molecule has 0 heterocycles. The average Bonchev–Trinajstić information content (AvgIpc) is 2.88. The number of rotatable bonds is 2. The maximum absolute atomic E-state index is 10.5. The molecule has 2 aromatic rings. The molecule has 1 aliphatic rings. The second kappa shape index (κ2) is 5.16. The Morgan fingerprint density at radius 2 is 1.79 bits per heavy atom. The largest absolute Gasteiger partial charge is 0.384 e. The van der Waals surface area contributed by atoms with Gasteiger partial charge in [0, 0.05) is 5.56 Å². The fraction of sp³-hybridized carbons (Fsp3) is 0.250. The summed E-state index contributed by atoms with van der Waals surface area (Å²) < 4.78 is 0. The first-order valence-electron chi connectivity index (χ1n) is 6.40. The fourth-order valence-electron chi connectivity index (χ4n) is 2.67. The van der Waals surface area contributed by atoms with Crippen LogP contribution in [0.2, 0.25) is 10.0 Å².